The zero-order chi connectivity index (χ0) is 18.2. The van der Waals surface area contributed by atoms with E-state index in [-0.39, 0.29) is 11.5 Å². The molecule has 12 nitrogen and oxygen atoms in total. The maximum atomic E-state index is 8.74. The fraction of sp³-hybridized carbons (Fsp3) is 0.333. The van der Waals surface area contributed by atoms with E-state index < -0.39 is 10.4 Å². The highest BCUT2D eigenvalue weighted by molar-refractivity contribution is 9.10. The lowest BCUT2D eigenvalue weighted by atomic mass is 10.1. The highest BCUT2D eigenvalue weighted by Gasteiger charge is 2.24. The minimum atomic E-state index is -4.67. The summed E-state index contributed by atoms with van der Waals surface area (Å²) in [7, 11) is -4.67. The molecule has 26 heavy (non-hydrogen) atoms. The number of nitrogens with two attached hydrogens (primary N) is 1. The third-order valence-corrected chi connectivity index (χ3v) is 3.91. The Hall–Kier alpha value is -1.81. The fourth-order valence-corrected chi connectivity index (χ4v) is 2.85. The van der Waals surface area contributed by atoms with Gasteiger partial charge in [0, 0.05) is 36.3 Å². The lowest BCUT2D eigenvalue weighted by Crippen LogP contribution is -2.55. The second kappa shape index (κ2) is 7.83. The van der Waals surface area contributed by atoms with Crippen molar-refractivity contribution in [2.45, 2.75) is 12.6 Å². The van der Waals surface area contributed by atoms with Gasteiger partial charge in [0.25, 0.3) is 0 Å². The number of fused-ring (bicyclic) bond motifs is 3. The van der Waals surface area contributed by atoms with Crippen molar-refractivity contribution in [3.63, 3.8) is 0 Å². The zero-order valence-corrected chi connectivity index (χ0v) is 15.6. The molecule has 0 aliphatic carbocycles. The molecular weight excluding hydrogens is 434 g/mol. The third-order valence-electron chi connectivity index (χ3n) is 3.48. The van der Waals surface area contributed by atoms with Gasteiger partial charge >= 0.3 is 10.4 Å². The Bertz CT molecular complexity index is 1010. The van der Waals surface area contributed by atoms with Crippen LogP contribution in [0.2, 0.25) is 0 Å². The van der Waals surface area contributed by atoms with E-state index in [9.17, 15) is 0 Å². The van der Waals surface area contributed by atoms with Crippen LogP contribution in [-0.2, 0) is 16.9 Å². The van der Waals surface area contributed by atoms with Crippen molar-refractivity contribution in [3.8, 4) is 0 Å². The number of halogens is 1. The van der Waals surface area contributed by atoms with E-state index in [2.05, 4.69) is 41.0 Å². The van der Waals surface area contributed by atoms with Crippen molar-refractivity contribution in [2.24, 2.45) is 5.73 Å². The van der Waals surface area contributed by atoms with Gasteiger partial charge < -0.3 is 11.2 Å². The van der Waals surface area contributed by atoms with E-state index >= 15 is 0 Å². The van der Waals surface area contributed by atoms with E-state index in [4.69, 9.17) is 23.3 Å². The monoisotopic (exact) mass is 449 g/mol. The first kappa shape index (κ1) is 20.5. The first-order valence-corrected chi connectivity index (χ1v) is 9.21. The van der Waals surface area contributed by atoms with Gasteiger partial charge in [-0.1, -0.05) is 0 Å². The molecule has 0 aromatic carbocycles. The van der Waals surface area contributed by atoms with Gasteiger partial charge in [-0.3, -0.25) is 18.4 Å². The minimum absolute atomic E-state index is 0. The minimum Gasteiger partial charge on any atom is -0.412 e. The second-order valence-corrected chi connectivity index (χ2v) is 7.29. The van der Waals surface area contributed by atoms with Crippen LogP contribution in [0.4, 0.5) is 0 Å². The molecule has 0 unspecified atom stereocenters. The standard InChI is InChI=1S/C12H12BrN7.H2O4S.H2O/c13-7-1-10-11(15-2-7)17-9(5-19-3-8(14)4-19)12-18-16-6-20(10)12;1-5(2,3)4;/h1-2,6,8H,3-5,14H2;(H2,1,2,3,4);1H2. The number of rotatable bonds is 2. The van der Waals surface area contributed by atoms with Gasteiger partial charge in [0.1, 0.15) is 12.0 Å². The highest BCUT2D eigenvalue weighted by Crippen LogP contribution is 2.20. The van der Waals surface area contributed by atoms with Gasteiger partial charge in [-0.05, 0) is 22.0 Å². The van der Waals surface area contributed by atoms with E-state index in [0.717, 1.165) is 41.0 Å². The smallest absolute Gasteiger partial charge is 0.394 e. The molecule has 1 aliphatic heterocycles. The molecule has 0 amide bonds. The molecule has 14 heteroatoms. The Kier molecular flexibility index (Phi) is 6.17. The Morgan fingerprint density at radius 1 is 1.35 bits per heavy atom. The molecule has 1 aliphatic rings. The number of likely N-dealkylation sites (tertiary alicyclic amines) is 1. The Labute approximate surface area is 156 Å². The van der Waals surface area contributed by atoms with Crippen LogP contribution in [0, 0.1) is 0 Å². The first-order valence-electron chi connectivity index (χ1n) is 7.02. The van der Waals surface area contributed by atoms with Crippen LogP contribution in [0.15, 0.2) is 23.1 Å². The Morgan fingerprint density at radius 3 is 2.62 bits per heavy atom. The summed E-state index contributed by atoms with van der Waals surface area (Å²) >= 11 is 3.43. The van der Waals surface area contributed by atoms with Gasteiger partial charge in [-0.2, -0.15) is 8.42 Å². The highest BCUT2D eigenvalue weighted by atomic mass is 79.9. The molecule has 6 N–H and O–H groups in total. The van der Waals surface area contributed by atoms with Crippen LogP contribution in [0.5, 0.6) is 0 Å². The molecule has 1 fully saturated rings. The summed E-state index contributed by atoms with van der Waals surface area (Å²) in [6.45, 7) is 2.52. The average Bonchev–Trinajstić information content (AvgIpc) is 2.94. The predicted octanol–water partition coefficient (Wildman–Crippen LogP) is -0.900. The van der Waals surface area contributed by atoms with Crippen molar-refractivity contribution in [3.05, 3.63) is 28.8 Å². The van der Waals surface area contributed by atoms with Gasteiger partial charge in [-0.25, -0.2) is 9.97 Å². The molecule has 0 atom stereocenters. The Morgan fingerprint density at radius 2 is 2.00 bits per heavy atom. The summed E-state index contributed by atoms with van der Waals surface area (Å²) in [5.74, 6) is 0. The summed E-state index contributed by atoms with van der Waals surface area (Å²) in [4.78, 5) is 11.2. The summed E-state index contributed by atoms with van der Waals surface area (Å²) in [5.41, 5.74) is 9.06. The number of hydrogen-bond donors (Lipinski definition) is 3. The summed E-state index contributed by atoms with van der Waals surface area (Å²) in [6, 6.07) is 2.24. The molecule has 4 heterocycles. The normalized spacial score (nSPS) is 15.2. The number of pyridine rings is 1. The van der Waals surface area contributed by atoms with Crippen LogP contribution in [0.1, 0.15) is 5.69 Å². The van der Waals surface area contributed by atoms with Gasteiger partial charge in [0.2, 0.25) is 0 Å². The lowest BCUT2D eigenvalue weighted by Gasteiger charge is -2.36. The molecule has 1 saturated heterocycles. The Balaban J connectivity index is 0.000000362. The van der Waals surface area contributed by atoms with Crippen LogP contribution >= 0.6 is 15.9 Å². The fourth-order valence-electron chi connectivity index (χ4n) is 2.53. The van der Waals surface area contributed by atoms with Crippen molar-refractivity contribution >= 4 is 43.1 Å². The van der Waals surface area contributed by atoms with Gasteiger partial charge in [0.05, 0.1) is 5.52 Å². The maximum Gasteiger partial charge on any atom is 0.394 e. The predicted molar refractivity (Wildman–Crippen MR) is 94.8 cm³/mol. The molecule has 4 rings (SSSR count). The summed E-state index contributed by atoms with van der Waals surface area (Å²) < 4.78 is 34.4. The van der Waals surface area contributed by atoms with Crippen molar-refractivity contribution in [1.82, 2.24) is 29.5 Å². The van der Waals surface area contributed by atoms with Gasteiger partial charge in [0.15, 0.2) is 11.3 Å². The van der Waals surface area contributed by atoms with Crippen molar-refractivity contribution < 1.29 is 23.0 Å². The van der Waals surface area contributed by atoms with Crippen molar-refractivity contribution in [2.75, 3.05) is 13.1 Å². The van der Waals surface area contributed by atoms with E-state index in [1.54, 1.807) is 12.5 Å². The molecule has 3 aromatic heterocycles. The molecule has 3 aromatic rings. The molecule has 0 saturated carbocycles. The number of nitrogens with zero attached hydrogens (tertiary/aromatic N) is 6. The largest absolute Gasteiger partial charge is 0.412 e. The summed E-state index contributed by atoms with van der Waals surface area (Å²) in [5, 5.41) is 8.17. The van der Waals surface area contributed by atoms with E-state index in [0.29, 0.717) is 5.65 Å². The zero-order valence-electron chi connectivity index (χ0n) is 13.2. The topological polar surface area (TPSA) is 191 Å². The maximum absolute atomic E-state index is 8.74. The number of aromatic nitrogens is 5. The van der Waals surface area contributed by atoms with Crippen LogP contribution in [0.3, 0.4) is 0 Å². The van der Waals surface area contributed by atoms with Gasteiger partial charge in [-0.15, -0.1) is 10.2 Å². The summed E-state index contributed by atoms with van der Waals surface area (Å²) in [6.07, 6.45) is 3.44. The molecule has 0 spiro atoms. The molecule has 0 bridgehead atoms. The molecular formula is C12H16BrN7O5S. The van der Waals surface area contributed by atoms with E-state index in [1.807, 2.05) is 10.5 Å². The number of hydrogen-bond acceptors (Lipinski definition) is 8. The van der Waals surface area contributed by atoms with E-state index in [1.165, 1.54) is 0 Å². The quantitative estimate of drug-likeness (QED) is 0.412. The third kappa shape index (κ3) is 4.88. The SMILES string of the molecule is NC1CN(Cc2nc3ncc(Br)cc3n3cnnc23)C1.O.O=S(=O)(O)O. The van der Waals surface area contributed by atoms with Crippen LogP contribution < -0.4 is 5.73 Å². The molecule has 0 radical (unpaired) electrons. The molecule has 142 valence electrons. The average molecular weight is 450 g/mol. The lowest BCUT2D eigenvalue weighted by molar-refractivity contribution is 0.141. The first-order chi connectivity index (χ1) is 11.7. The second-order valence-electron chi connectivity index (χ2n) is 5.48. The van der Waals surface area contributed by atoms with Crippen LogP contribution in [-0.4, -0.2) is 71.6 Å². The van der Waals surface area contributed by atoms with Crippen molar-refractivity contribution in [1.29, 1.82) is 0 Å². The van der Waals surface area contributed by atoms with Crippen LogP contribution in [0.25, 0.3) is 16.8 Å².